The highest BCUT2D eigenvalue weighted by Crippen LogP contribution is 2.14. The van der Waals surface area contributed by atoms with E-state index in [1.165, 1.54) is 0 Å². The molecule has 0 bridgehead atoms. The van der Waals surface area contributed by atoms with Crippen LogP contribution in [0.5, 0.6) is 0 Å². The molecule has 1 aromatic rings. The van der Waals surface area contributed by atoms with Gasteiger partial charge in [-0.2, -0.15) is 0 Å². The van der Waals surface area contributed by atoms with Crippen LogP contribution in [-0.4, -0.2) is 78.9 Å². The second kappa shape index (κ2) is 9.89. The lowest BCUT2D eigenvalue weighted by Gasteiger charge is -2.34. The van der Waals surface area contributed by atoms with Gasteiger partial charge in [-0.3, -0.25) is 19.4 Å². The van der Waals surface area contributed by atoms with Gasteiger partial charge < -0.3 is 10.2 Å². The van der Waals surface area contributed by atoms with Gasteiger partial charge in [0.15, 0.2) is 0 Å². The van der Waals surface area contributed by atoms with Gasteiger partial charge in [0.2, 0.25) is 11.8 Å². The largest absolute Gasteiger partial charge is 0.342 e. The van der Waals surface area contributed by atoms with Crippen LogP contribution in [0.2, 0.25) is 0 Å². The van der Waals surface area contributed by atoms with Crippen molar-refractivity contribution in [3.8, 4) is 0 Å². The van der Waals surface area contributed by atoms with E-state index in [1.807, 2.05) is 43.0 Å². The molecule has 0 saturated carbocycles. The number of piperazine rings is 1. The van der Waals surface area contributed by atoms with Gasteiger partial charge in [0.1, 0.15) is 0 Å². The van der Waals surface area contributed by atoms with Crippen molar-refractivity contribution in [2.45, 2.75) is 13.8 Å². The Morgan fingerprint density at radius 1 is 1.00 bits per heavy atom. The van der Waals surface area contributed by atoms with E-state index in [2.05, 4.69) is 31.0 Å². The molecule has 0 aliphatic carbocycles. The van der Waals surface area contributed by atoms with Gasteiger partial charge in [0.25, 0.3) is 0 Å². The molecule has 0 atom stereocenters. The summed E-state index contributed by atoms with van der Waals surface area (Å²) >= 11 is 3.38. The van der Waals surface area contributed by atoms with Gasteiger partial charge in [-0.25, -0.2) is 0 Å². The maximum absolute atomic E-state index is 12.2. The van der Waals surface area contributed by atoms with Crippen molar-refractivity contribution >= 4 is 33.4 Å². The van der Waals surface area contributed by atoms with Gasteiger partial charge in [-0.15, -0.1) is 0 Å². The van der Waals surface area contributed by atoms with Crippen LogP contribution in [0.25, 0.3) is 0 Å². The number of benzene rings is 1. The molecule has 7 heteroatoms. The Labute approximate surface area is 158 Å². The highest BCUT2D eigenvalue weighted by Gasteiger charge is 2.22. The zero-order valence-electron chi connectivity index (χ0n) is 15.0. The maximum Gasteiger partial charge on any atom is 0.238 e. The molecule has 0 spiro atoms. The normalized spacial score (nSPS) is 15.8. The van der Waals surface area contributed by atoms with E-state index in [-0.39, 0.29) is 11.8 Å². The Bertz CT molecular complexity index is 567. The van der Waals surface area contributed by atoms with Crippen LogP contribution in [0, 0.1) is 0 Å². The zero-order valence-corrected chi connectivity index (χ0v) is 16.6. The first kappa shape index (κ1) is 19.9. The van der Waals surface area contributed by atoms with Crippen molar-refractivity contribution in [1.82, 2.24) is 14.7 Å². The summed E-state index contributed by atoms with van der Waals surface area (Å²) in [6.07, 6.45) is 0. The van der Waals surface area contributed by atoms with Crippen LogP contribution in [-0.2, 0) is 9.59 Å². The monoisotopic (exact) mass is 410 g/mol. The Morgan fingerprint density at radius 2 is 1.52 bits per heavy atom. The van der Waals surface area contributed by atoms with E-state index in [9.17, 15) is 9.59 Å². The number of nitrogens with one attached hydrogen (secondary N) is 1. The molecule has 1 aromatic carbocycles. The van der Waals surface area contributed by atoms with Gasteiger partial charge in [-0.1, -0.05) is 15.9 Å². The smallest absolute Gasteiger partial charge is 0.238 e. The second-order valence-electron chi connectivity index (χ2n) is 6.17. The van der Waals surface area contributed by atoms with Crippen molar-refractivity contribution in [1.29, 1.82) is 0 Å². The lowest BCUT2D eigenvalue weighted by atomic mass is 10.3. The highest BCUT2D eigenvalue weighted by atomic mass is 79.9. The predicted octanol–water partition coefficient (Wildman–Crippen LogP) is 1.87. The van der Waals surface area contributed by atoms with Crippen LogP contribution in [0.3, 0.4) is 0 Å². The topological polar surface area (TPSA) is 55.9 Å². The molecule has 1 heterocycles. The molecular formula is C18H27BrN4O2. The molecule has 1 fully saturated rings. The standard InChI is InChI=1S/C18H27BrN4O2/c1-3-23(4-2)18(25)14-22-11-9-21(10-12-22)13-17(24)20-16-7-5-15(19)6-8-16/h5-8H,3-4,9-14H2,1-2H3,(H,20,24). The molecule has 6 nitrogen and oxygen atoms in total. The van der Waals surface area contributed by atoms with E-state index in [0.717, 1.165) is 49.4 Å². The van der Waals surface area contributed by atoms with E-state index in [4.69, 9.17) is 0 Å². The van der Waals surface area contributed by atoms with Crippen molar-refractivity contribution in [3.05, 3.63) is 28.7 Å². The summed E-state index contributed by atoms with van der Waals surface area (Å²) in [4.78, 5) is 30.5. The molecule has 1 saturated heterocycles. The fraction of sp³-hybridized carbons (Fsp3) is 0.556. The molecule has 0 radical (unpaired) electrons. The minimum atomic E-state index is -0.00464. The molecule has 1 aliphatic heterocycles. The van der Waals surface area contributed by atoms with Crippen LogP contribution in [0.15, 0.2) is 28.7 Å². The van der Waals surface area contributed by atoms with Crippen molar-refractivity contribution in [3.63, 3.8) is 0 Å². The summed E-state index contributed by atoms with van der Waals surface area (Å²) in [5, 5.41) is 2.91. The number of rotatable bonds is 7. The quantitative estimate of drug-likeness (QED) is 0.745. The van der Waals surface area contributed by atoms with Gasteiger partial charge in [0, 0.05) is 49.4 Å². The van der Waals surface area contributed by atoms with E-state index in [0.29, 0.717) is 13.1 Å². The van der Waals surface area contributed by atoms with Crippen molar-refractivity contribution < 1.29 is 9.59 Å². The van der Waals surface area contributed by atoms with Crippen molar-refractivity contribution in [2.24, 2.45) is 0 Å². The van der Waals surface area contributed by atoms with Crippen LogP contribution >= 0.6 is 15.9 Å². The maximum atomic E-state index is 12.2. The molecule has 0 unspecified atom stereocenters. The Morgan fingerprint density at radius 3 is 2.04 bits per heavy atom. The molecule has 2 rings (SSSR count). The average molecular weight is 411 g/mol. The summed E-state index contributed by atoms with van der Waals surface area (Å²) in [7, 11) is 0. The first-order valence-electron chi connectivity index (χ1n) is 8.79. The lowest BCUT2D eigenvalue weighted by Crippen LogP contribution is -2.51. The molecule has 1 aliphatic rings. The summed E-state index contributed by atoms with van der Waals surface area (Å²) in [6, 6.07) is 7.56. The number of halogens is 1. The summed E-state index contributed by atoms with van der Waals surface area (Å²) in [5.74, 6) is 0.182. The fourth-order valence-electron chi connectivity index (χ4n) is 2.91. The van der Waals surface area contributed by atoms with Crippen LogP contribution in [0.1, 0.15) is 13.8 Å². The van der Waals surface area contributed by atoms with Crippen LogP contribution in [0.4, 0.5) is 5.69 Å². The second-order valence-corrected chi connectivity index (χ2v) is 7.09. The number of amides is 2. The number of hydrogen-bond donors (Lipinski definition) is 1. The number of anilines is 1. The molecule has 138 valence electrons. The molecule has 1 N–H and O–H groups in total. The highest BCUT2D eigenvalue weighted by molar-refractivity contribution is 9.10. The van der Waals surface area contributed by atoms with E-state index >= 15 is 0 Å². The first-order valence-corrected chi connectivity index (χ1v) is 9.59. The fourth-order valence-corrected chi connectivity index (χ4v) is 3.17. The molecule has 2 amide bonds. The zero-order chi connectivity index (χ0) is 18.2. The summed E-state index contributed by atoms with van der Waals surface area (Å²) in [5.41, 5.74) is 0.802. The Balaban J connectivity index is 1.72. The third kappa shape index (κ3) is 6.41. The summed E-state index contributed by atoms with van der Waals surface area (Å²) < 4.78 is 0.987. The minimum absolute atomic E-state index is 0.00464. The predicted molar refractivity (Wildman–Crippen MR) is 104 cm³/mol. The SMILES string of the molecule is CCN(CC)C(=O)CN1CCN(CC(=O)Nc2ccc(Br)cc2)CC1. The molecule has 0 aromatic heterocycles. The Hall–Kier alpha value is -1.44. The molecule has 25 heavy (non-hydrogen) atoms. The number of likely N-dealkylation sites (N-methyl/N-ethyl adjacent to an activating group) is 1. The summed E-state index contributed by atoms with van der Waals surface area (Å²) in [6.45, 7) is 9.62. The number of carbonyl (C=O) groups is 2. The molecular weight excluding hydrogens is 384 g/mol. The third-order valence-electron chi connectivity index (χ3n) is 4.44. The Kier molecular flexibility index (Phi) is 7.87. The lowest BCUT2D eigenvalue weighted by molar-refractivity contribution is -0.132. The number of nitrogens with zero attached hydrogens (tertiary/aromatic N) is 3. The first-order chi connectivity index (χ1) is 12.0. The van der Waals surface area contributed by atoms with Crippen LogP contribution < -0.4 is 5.32 Å². The number of hydrogen-bond acceptors (Lipinski definition) is 4. The van der Waals surface area contributed by atoms with Gasteiger partial charge in [-0.05, 0) is 38.1 Å². The van der Waals surface area contributed by atoms with Gasteiger partial charge in [0.05, 0.1) is 13.1 Å². The van der Waals surface area contributed by atoms with E-state index in [1.54, 1.807) is 0 Å². The van der Waals surface area contributed by atoms with Crippen molar-refractivity contribution in [2.75, 3.05) is 57.7 Å². The van der Waals surface area contributed by atoms with E-state index < -0.39 is 0 Å². The van der Waals surface area contributed by atoms with Gasteiger partial charge >= 0.3 is 0 Å². The third-order valence-corrected chi connectivity index (χ3v) is 4.96. The number of carbonyl (C=O) groups excluding carboxylic acids is 2. The average Bonchev–Trinajstić information content (AvgIpc) is 2.60. The minimum Gasteiger partial charge on any atom is -0.342 e.